The van der Waals surface area contributed by atoms with Gasteiger partial charge in [-0.15, -0.1) is 11.8 Å². The zero-order valence-electron chi connectivity index (χ0n) is 15.6. The topological polar surface area (TPSA) is 29.5 Å². The molecule has 3 rings (SSSR count). The third-order valence-corrected chi connectivity index (χ3v) is 7.26. The van der Waals surface area contributed by atoms with Crippen LogP contribution < -0.4 is 9.64 Å². The van der Waals surface area contributed by atoms with Gasteiger partial charge in [-0.3, -0.25) is 9.69 Å². The van der Waals surface area contributed by atoms with Crippen molar-refractivity contribution >= 4 is 45.0 Å². The molecule has 2 aromatic carbocycles. The first-order valence-corrected chi connectivity index (χ1v) is 10.6. The van der Waals surface area contributed by atoms with Gasteiger partial charge in [-0.1, -0.05) is 39.0 Å². The zero-order valence-corrected chi connectivity index (χ0v) is 18.0. The van der Waals surface area contributed by atoms with Crippen molar-refractivity contribution in [3.63, 3.8) is 0 Å². The lowest BCUT2D eigenvalue weighted by molar-refractivity contribution is -0.128. The maximum atomic E-state index is 13.8. The van der Waals surface area contributed by atoms with Crippen molar-refractivity contribution in [2.24, 2.45) is 11.3 Å². The summed E-state index contributed by atoms with van der Waals surface area (Å²) in [4.78, 5) is 16.8. The van der Waals surface area contributed by atoms with Gasteiger partial charge in [0.05, 0.1) is 22.7 Å². The summed E-state index contributed by atoms with van der Waals surface area (Å²) in [5.74, 6) is 1.97. The highest BCUT2D eigenvalue weighted by atomic mass is 79.9. The Balaban J connectivity index is 2.25. The second-order valence-corrected chi connectivity index (χ2v) is 8.76. The van der Waals surface area contributed by atoms with Crippen LogP contribution in [0.15, 0.2) is 51.8 Å². The van der Waals surface area contributed by atoms with Gasteiger partial charge in [0.15, 0.2) is 0 Å². The van der Waals surface area contributed by atoms with Crippen molar-refractivity contribution in [3.8, 4) is 5.75 Å². The molecule has 1 atom stereocenters. The smallest absolute Gasteiger partial charge is 0.238 e. The van der Waals surface area contributed by atoms with E-state index >= 15 is 0 Å². The minimum Gasteiger partial charge on any atom is -0.496 e. The first-order valence-electron chi connectivity index (χ1n) is 8.84. The van der Waals surface area contributed by atoms with Gasteiger partial charge >= 0.3 is 0 Å². The summed E-state index contributed by atoms with van der Waals surface area (Å²) >= 11 is 5.33. The molecule has 3 nitrogen and oxygen atoms in total. The second kappa shape index (κ2) is 7.65. The van der Waals surface area contributed by atoms with Crippen LogP contribution in [0.4, 0.5) is 11.4 Å². The Morgan fingerprint density at radius 1 is 1.27 bits per heavy atom. The van der Waals surface area contributed by atoms with E-state index in [1.54, 1.807) is 18.9 Å². The Kier molecular flexibility index (Phi) is 5.68. The van der Waals surface area contributed by atoms with Crippen LogP contribution in [-0.4, -0.2) is 18.8 Å². The monoisotopic (exact) mass is 433 g/mol. The number of nitrogens with zero attached hydrogens (tertiary/aromatic N) is 1. The number of thioether (sulfide) groups is 1. The van der Waals surface area contributed by atoms with Crippen LogP contribution in [0, 0.1) is 11.3 Å². The van der Waals surface area contributed by atoms with E-state index in [4.69, 9.17) is 4.74 Å². The van der Waals surface area contributed by atoms with Crippen LogP contribution in [0.3, 0.4) is 0 Å². The number of carbonyl (C=O) groups excluding carboxylic acids is 1. The Bertz CT molecular complexity index is 809. The van der Waals surface area contributed by atoms with Crippen LogP contribution in [0.25, 0.3) is 0 Å². The number of rotatable bonds is 4. The quantitative estimate of drug-likeness (QED) is 0.567. The van der Waals surface area contributed by atoms with E-state index in [1.165, 1.54) is 0 Å². The van der Waals surface area contributed by atoms with Gasteiger partial charge in [0.25, 0.3) is 0 Å². The predicted molar refractivity (Wildman–Crippen MR) is 113 cm³/mol. The van der Waals surface area contributed by atoms with E-state index in [9.17, 15) is 4.79 Å². The molecule has 0 aromatic heterocycles. The summed E-state index contributed by atoms with van der Waals surface area (Å²) in [6, 6.07) is 13.9. The molecule has 1 aliphatic rings. The molecule has 26 heavy (non-hydrogen) atoms. The number of carbonyl (C=O) groups is 1. The second-order valence-electron chi connectivity index (χ2n) is 6.88. The third-order valence-electron chi connectivity index (χ3n) is 5.34. The van der Waals surface area contributed by atoms with Crippen LogP contribution in [-0.2, 0) is 4.79 Å². The summed E-state index contributed by atoms with van der Waals surface area (Å²) in [6.07, 6.45) is 0.812. The van der Waals surface area contributed by atoms with Crippen LogP contribution in [0.5, 0.6) is 5.75 Å². The normalized spacial score (nSPS) is 20.1. The summed E-state index contributed by atoms with van der Waals surface area (Å²) in [5, 5.41) is 0. The van der Waals surface area contributed by atoms with Crippen molar-refractivity contribution in [2.75, 3.05) is 17.8 Å². The zero-order chi connectivity index (χ0) is 18.9. The minimum atomic E-state index is -0.404. The molecule has 5 heteroatoms. The average molecular weight is 434 g/mol. The van der Waals surface area contributed by atoms with Gasteiger partial charge in [0.1, 0.15) is 5.75 Å². The van der Waals surface area contributed by atoms with Gasteiger partial charge in [0, 0.05) is 16.3 Å². The van der Waals surface area contributed by atoms with E-state index in [0.29, 0.717) is 0 Å². The highest BCUT2D eigenvalue weighted by Gasteiger charge is 2.46. The molecule has 0 spiro atoms. The van der Waals surface area contributed by atoms with E-state index in [2.05, 4.69) is 36.7 Å². The number of fused-ring (bicyclic) bond motifs is 1. The van der Waals surface area contributed by atoms with Crippen LogP contribution >= 0.6 is 27.7 Å². The largest absolute Gasteiger partial charge is 0.496 e. The molecular weight excluding hydrogens is 410 g/mol. The molecule has 0 aliphatic carbocycles. The number of halogens is 1. The number of para-hydroxylation sites is 1. The van der Waals surface area contributed by atoms with Gasteiger partial charge in [-0.25, -0.2) is 0 Å². The Morgan fingerprint density at radius 3 is 2.54 bits per heavy atom. The maximum Gasteiger partial charge on any atom is 0.238 e. The van der Waals surface area contributed by atoms with E-state index in [1.807, 2.05) is 47.4 Å². The average Bonchev–Trinajstić information content (AvgIpc) is 2.76. The maximum absolute atomic E-state index is 13.8. The molecule has 0 radical (unpaired) electrons. The van der Waals surface area contributed by atoms with Crippen LogP contribution in [0.1, 0.15) is 27.2 Å². The molecule has 2 aromatic rings. The summed E-state index contributed by atoms with van der Waals surface area (Å²) in [7, 11) is 1.67. The Morgan fingerprint density at radius 2 is 1.96 bits per heavy atom. The lowest BCUT2D eigenvalue weighted by Gasteiger charge is -2.37. The number of amides is 1. The lowest BCUT2D eigenvalue weighted by Crippen LogP contribution is -2.45. The number of hydrogen-bond donors (Lipinski definition) is 0. The molecule has 0 saturated heterocycles. The molecule has 0 bridgehead atoms. The summed E-state index contributed by atoms with van der Waals surface area (Å²) in [6.45, 7) is 6.42. The fourth-order valence-electron chi connectivity index (χ4n) is 3.48. The van der Waals surface area contributed by atoms with Gasteiger partial charge in [0.2, 0.25) is 5.91 Å². The number of ether oxygens (including phenoxy) is 1. The fourth-order valence-corrected chi connectivity index (χ4v) is 5.54. The Hall–Kier alpha value is -1.46. The molecule has 0 fully saturated rings. The van der Waals surface area contributed by atoms with Crippen molar-refractivity contribution in [3.05, 3.63) is 46.9 Å². The first kappa shape index (κ1) is 19.3. The Labute approximate surface area is 168 Å². The fraction of sp³-hybridized carbons (Fsp3) is 0.381. The van der Waals surface area contributed by atoms with E-state index < -0.39 is 5.41 Å². The summed E-state index contributed by atoms with van der Waals surface area (Å²) < 4.78 is 6.33. The standard InChI is InChI=1S/C21H24BrNO2S/c1-5-21(14(2)3)13-26-19-12-18(25-4)16(22)11-17(19)23(20(21)24)15-9-7-6-8-10-15/h6-12,14H,5,13H2,1-4H3. The lowest BCUT2D eigenvalue weighted by atomic mass is 9.75. The van der Waals surface area contributed by atoms with Crippen molar-refractivity contribution in [1.82, 2.24) is 0 Å². The van der Waals surface area contributed by atoms with Gasteiger partial charge < -0.3 is 4.74 Å². The van der Waals surface area contributed by atoms with E-state index in [0.717, 1.165) is 38.7 Å². The number of hydrogen-bond acceptors (Lipinski definition) is 3. The van der Waals surface area contributed by atoms with E-state index in [-0.39, 0.29) is 11.8 Å². The minimum absolute atomic E-state index is 0.171. The number of benzene rings is 2. The molecule has 0 N–H and O–H groups in total. The highest BCUT2D eigenvalue weighted by Crippen LogP contribution is 2.50. The molecule has 1 amide bonds. The molecule has 1 aliphatic heterocycles. The molecule has 0 saturated carbocycles. The van der Waals surface area contributed by atoms with Gasteiger partial charge in [-0.2, -0.15) is 0 Å². The predicted octanol–water partition coefficient (Wildman–Crippen LogP) is 6.28. The number of anilines is 2. The van der Waals surface area contributed by atoms with Crippen molar-refractivity contribution in [1.29, 1.82) is 0 Å². The third kappa shape index (κ3) is 3.16. The van der Waals surface area contributed by atoms with Gasteiger partial charge in [-0.05, 0) is 52.5 Å². The SMILES string of the molecule is CCC1(C(C)C)CSc2cc(OC)c(Br)cc2N(c2ccccc2)C1=O. The molecule has 138 valence electrons. The number of methoxy groups -OCH3 is 1. The molecule has 1 heterocycles. The molecular formula is C21H24BrNO2S. The highest BCUT2D eigenvalue weighted by molar-refractivity contribution is 9.10. The van der Waals surface area contributed by atoms with Crippen LogP contribution in [0.2, 0.25) is 0 Å². The first-order chi connectivity index (χ1) is 12.4. The summed E-state index contributed by atoms with van der Waals surface area (Å²) in [5.41, 5.74) is 1.41. The van der Waals surface area contributed by atoms with Crippen molar-refractivity contribution < 1.29 is 9.53 Å². The van der Waals surface area contributed by atoms with Crippen molar-refractivity contribution in [2.45, 2.75) is 32.1 Å². The molecule has 1 unspecified atom stereocenters.